The van der Waals surface area contributed by atoms with E-state index in [1.165, 1.54) is 10.9 Å². The van der Waals surface area contributed by atoms with Gasteiger partial charge in [-0.2, -0.15) is 10.4 Å². The zero-order valence-electron chi connectivity index (χ0n) is 13.0. The number of rotatable bonds is 6. The summed E-state index contributed by atoms with van der Waals surface area (Å²) in [6, 6.07) is 1.85. The Morgan fingerprint density at radius 1 is 1.48 bits per heavy atom. The summed E-state index contributed by atoms with van der Waals surface area (Å²) in [6.45, 7) is 5.99. The number of aryl methyl sites for hydroxylation is 1. The van der Waals surface area contributed by atoms with E-state index >= 15 is 0 Å². The quantitative estimate of drug-likeness (QED) is 0.752. The summed E-state index contributed by atoms with van der Waals surface area (Å²) in [7, 11) is 0. The minimum Gasteiger partial charge on any atom is -0.290 e. The Hall–Kier alpha value is -2.14. The molecule has 2 aromatic heterocycles. The molecule has 8 heteroatoms. The predicted octanol–water partition coefficient (Wildman–Crippen LogP) is 3.73. The Bertz CT molecular complexity index is 745. The number of carbonyl (C=O) groups excluding carboxylic acids is 1. The van der Waals surface area contributed by atoms with Crippen LogP contribution >= 0.6 is 11.3 Å². The summed E-state index contributed by atoms with van der Waals surface area (Å²) < 4.78 is 27.8. The van der Waals surface area contributed by atoms with Crippen LogP contribution in [0.5, 0.6) is 0 Å². The van der Waals surface area contributed by atoms with Crippen molar-refractivity contribution < 1.29 is 13.6 Å². The predicted molar refractivity (Wildman–Crippen MR) is 81.6 cm³/mol. The van der Waals surface area contributed by atoms with Gasteiger partial charge in [0.2, 0.25) is 5.78 Å². The van der Waals surface area contributed by atoms with E-state index in [0.717, 1.165) is 11.3 Å². The van der Waals surface area contributed by atoms with Crippen molar-refractivity contribution in [1.29, 1.82) is 5.26 Å². The smallest absolute Gasteiger partial charge is 0.267 e. The molecule has 0 aliphatic rings. The van der Waals surface area contributed by atoms with Gasteiger partial charge < -0.3 is 0 Å². The molecule has 0 saturated heterocycles. The maximum Gasteiger partial charge on any atom is 0.267 e. The number of carbonyl (C=O) groups is 1. The first-order valence-corrected chi connectivity index (χ1v) is 7.92. The van der Waals surface area contributed by atoms with E-state index in [0.29, 0.717) is 17.2 Å². The van der Waals surface area contributed by atoms with E-state index in [-0.39, 0.29) is 11.6 Å². The molecule has 0 fully saturated rings. The van der Waals surface area contributed by atoms with Gasteiger partial charge in [0.25, 0.3) is 6.43 Å². The summed E-state index contributed by atoms with van der Waals surface area (Å²) in [5, 5.41) is 15.3. The largest absolute Gasteiger partial charge is 0.290 e. The van der Waals surface area contributed by atoms with E-state index in [4.69, 9.17) is 0 Å². The van der Waals surface area contributed by atoms with Crippen LogP contribution in [-0.2, 0) is 6.54 Å². The van der Waals surface area contributed by atoms with E-state index in [1.54, 1.807) is 12.3 Å². The molecule has 0 spiro atoms. The molecule has 0 N–H and O–H groups in total. The molecule has 0 saturated carbocycles. The van der Waals surface area contributed by atoms with Crippen LogP contribution in [0.4, 0.5) is 8.78 Å². The molecule has 0 amide bonds. The van der Waals surface area contributed by atoms with Crippen LogP contribution in [-0.4, -0.2) is 20.5 Å². The number of nitriles is 1. The minimum atomic E-state index is -2.83. The van der Waals surface area contributed by atoms with Gasteiger partial charge in [-0.05, 0) is 12.8 Å². The van der Waals surface area contributed by atoms with E-state index in [9.17, 15) is 18.8 Å². The van der Waals surface area contributed by atoms with Crippen molar-refractivity contribution in [2.75, 3.05) is 0 Å². The zero-order valence-corrected chi connectivity index (χ0v) is 13.8. The summed E-state index contributed by atoms with van der Waals surface area (Å²) in [5.74, 6) is -1.76. The molecule has 122 valence electrons. The zero-order chi connectivity index (χ0) is 17.1. The van der Waals surface area contributed by atoms with Gasteiger partial charge in [-0.3, -0.25) is 9.48 Å². The number of hydrogen-bond acceptors (Lipinski definition) is 5. The third-order valence-electron chi connectivity index (χ3n) is 3.09. The Labute approximate surface area is 136 Å². The van der Waals surface area contributed by atoms with Crippen LogP contribution in [0.2, 0.25) is 0 Å². The molecule has 0 radical (unpaired) electrons. The van der Waals surface area contributed by atoms with Crippen molar-refractivity contribution in [2.45, 2.75) is 39.7 Å². The van der Waals surface area contributed by atoms with E-state index in [1.807, 2.05) is 19.9 Å². The maximum absolute atomic E-state index is 13.2. The first-order chi connectivity index (χ1) is 10.8. The molecule has 2 rings (SSSR count). The molecular weight excluding hydrogens is 322 g/mol. The molecule has 0 aliphatic heterocycles. The molecule has 0 aliphatic carbocycles. The van der Waals surface area contributed by atoms with Gasteiger partial charge in [0.15, 0.2) is 5.92 Å². The van der Waals surface area contributed by atoms with Gasteiger partial charge in [0.1, 0.15) is 10.7 Å². The fraction of sp³-hybridized carbons (Fsp3) is 0.467. The molecule has 2 heterocycles. The highest BCUT2D eigenvalue weighted by atomic mass is 32.1. The summed E-state index contributed by atoms with van der Waals surface area (Å²) in [4.78, 5) is 16.7. The van der Waals surface area contributed by atoms with E-state index < -0.39 is 23.7 Å². The monoisotopic (exact) mass is 338 g/mol. The third kappa shape index (κ3) is 3.79. The molecule has 1 atom stereocenters. The number of Topliss-reactive ketones (excluding diaryl/α,β-unsaturated/α-hetero) is 1. The van der Waals surface area contributed by atoms with Crippen LogP contribution in [0.25, 0.3) is 0 Å². The van der Waals surface area contributed by atoms with Gasteiger partial charge in [-0.1, -0.05) is 13.8 Å². The Morgan fingerprint density at radius 3 is 2.65 bits per heavy atom. The molecule has 23 heavy (non-hydrogen) atoms. The first kappa shape index (κ1) is 17.2. The van der Waals surface area contributed by atoms with Crippen molar-refractivity contribution in [1.82, 2.24) is 14.8 Å². The fourth-order valence-electron chi connectivity index (χ4n) is 2.12. The lowest BCUT2D eigenvalue weighted by molar-refractivity contribution is 0.0959. The molecule has 5 nitrogen and oxygen atoms in total. The fourth-order valence-corrected chi connectivity index (χ4v) is 2.96. The summed E-state index contributed by atoms with van der Waals surface area (Å²) >= 11 is 1.16. The molecule has 0 aromatic carbocycles. The maximum atomic E-state index is 13.2. The minimum absolute atomic E-state index is 0.191. The summed E-state index contributed by atoms with van der Waals surface area (Å²) in [5.41, 5.74) is -0.110. The molecule has 2 aromatic rings. The number of alkyl halides is 2. The van der Waals surface area contributed by atoms with Gasteiger partial charge in [-0.15, -0.1) is 11.3 Å². The number of halogens is 2. The van der Waals surface area contributed by atoms with Crippen LogP contribution in [0.3, 0.4) is 0 Å². The Morgan fingerprint density at radius 2 is 2.17 bits per heavy atom. The van der Waals surface area contributed by atoms with Gasteiger partial charge >= 0.3 is 0 Å². The first-order valence-electron chi connectivity index (χ1n) is 7.04. The Balaban J connectivity index is 2.40. The number of hydrogen-bond donors (Lipinski definition) is 0. The number of aromatic nitrogens is 3. The van der Waals surface area contributed by atoms with Crippen molar-refractivity contribution >= 4 is 17.1 Å². The summed E-state index contributed by atoms with van der Waals surface area (Å²) in [6.07, 6.45) is -1.65. The van der Waals surface area contributed by atoms with Crippen molar-refractivity contribution in [2.24, 2.45) is 5.92 Å². The highest BCUT2D eigenvalue weighted by Gasteiger charge is 2.31. The second kappa shape index (κ2) is 6.96. The number of ketones is 1. The second-order valence-corrected chi connectivity index (χ2v) is 6.49. The van der Waals surface area contributed by atoms with Crippen molar-refractivity contribution in [3.05, 3.63) is 33.5 Å². The Kier molecular flexibility index (Phi) is 5.21. The van der Waals surface area contributed by atoms with Gasteiger partial charge in [-0.25, -0.2) is 13.8 Å². The highest BCUT2D eigenvalue weighted by molar-refractivity contribution is 7.10. The lowest BCUT2D eigenvalue weighted by Crippen LogP contribution is -2.15. The van der Waals surface area contributed by atoms with Crippen molar-refractivity contribution in [3.63, 3.8) is 0 Å². The van der Waals surface area contributed by atoms with Crippen molar-refractivity contribution in [3.8, 4) is 6.07 Å². The van der Waals surface area contributed by atoms with Crippen LogP contribution in [0, 0.1) is 24.2 Å². The average molecular weight is 338 g/mol. The normalized spacial score (nSPS) is 12.6. The second-order valence-electron chi connectivity index (χ2n) is 5.60. The van der Waals surface area contributed by atoms with Crippen LogP contribution < -0.4 is 0 Å². The lowest BCUT2D eigenvalue weighted by atomic mass is 10.0. The molecule has 0 unspecified atom stereocenters. The van der Waals surface area contributed by atoms with E-state index in [2.05, 4.69) is 10.1 Å². The molecular formula is C15H16F2N4OS. The van der Waals surface area contributed by atoms with Crippen LogP contribution in [0.1, 0.15) is 52.9 Å². The average Bonchev–Trinajstić information content (AvgIpc) is 3.05. The number of nitrogens with zero attached hydrogens (tertiary/aromatic N) is 4. The number of thiazole rings is 1. The van der Waals surface area contributed by atoms with Gasteiger partial charge in [0, 0.05) is 23.8 Å². The van der Waals surface area contributed by atoms with Gasteiger partial charge in [0.05, 0.1) is 11.6 Å². The van der Waals surface area contributed by atoms with Crippen LogP contribution in [0.15, 0.2) is 11.6 Å². The third-order valence-corrected chi connectivity index (χ3v) is 4.11. The SMILES string of the molecule is Cc1csc([C@H](C#N)C(=O)c2nn(CC(C)C)cc2C(F)F)n1. The topological polar surface area (TPSA) is 71.6 Å². The molecule has 0 bridgehead atoms. The standard InChI is InChI=1S/C15H16F2N4OS/c1-8(2)5-21-6-11(14(16)17)12(20-21)13(22)10(4-18)15-19-9(3)7-23-15/h6-8,10,14H,5H2,1-3H3/t10-/m1/s1. The lowest BCUT2D eigenvalue weighted by Gasteiger charge is -2.05. The highest BCUT2D eigenvalue weighted by Crippen LogP contribution is 2.29.